The third-order valence-electron chi connectivity index (χ3n) is 3.31. The number of benzene rings is 2. The fourth-order valence-corrected chi connectivity index (χ4v) is 2.20. The molecule has 0 aliphatic rings. The van der Waals surface area contributed by atoms with Gasteiger partial charge in [0.25, 0.3) is 0 Å². The Labute approximate surface area is 119 Å². The highest BCUT2D eigenvalue weighted by molar-refractivity contribution is 5.95. The lowest BCUT2D eigenvalue weighted by Gasteiger charge is -2.12. The van der Waals surface area contributed by atoms with Crippen LogP contribution in [0, 0.1) is 20.8 Å². The summed E-state index contributed by atoms with van der Waals surface area (Å²) in [5.74, 6) is -0.929. The highest BCUT2D eigenvalue weighted by atomic mass is 16.4. The van der Waals surface area contributed by atoms with Gasteiger partial charge in [-0.1, -0.05) is 53.6 Å². The van der Waals surface area contributed by atoms with Crippen LogP contribution >= 0.6 is 0 Å². The van der Waals surface area contributed by atoms with Gasteiger partial charge >= 0.3 is 5.97 Å². The van der Waals surface area contributed by atoms with Gasteiger partial charge in [-0.25, -0.2) is 4.79 Å². The number of carboxylic acid groups (broad SMARTS) is 1. The van der Waals surface area contributed by atoms with Crippen molar-refractivity contribution in [2.24, 2.45) is 0 Å². The lowest BCUT2D eigenvalue weighted by atomic mass is 9.92. The molecule has 0 atom stereocenters. The highest BCUT2D eigenvalue weighted by Crippen LogP contribution is 2.27. The molecule has 0 bridgehead atoms. The number of carbonyl (C=O) groups is 1. The summed E-state index contributed by atoms with van der Waals surface area (Å²) in [7, 11) is 0. The van der Waals surface area contributed by atoms with Crippen LogP contribution in [0.25, 0.3) is 5.57 Å². The van der Waals surface area contributed by atoms with Crippen LogP contribution in [-0.2, 0) is 4.79 Å². The van der Waals surface area contributed by atoms with E-state index in [1.807, 2.05) is 63.2 Å². The maximum absolute atomic E-state index is 11.1. The van der Waals surface area contributed by atoms with Crippen molar-refractivity contribution in [3.05, 3.63) is 76.4 Å². The zero-order valence-corrected chi connectivity index (χ0v) is 12.0. The number of aryl methyl sites for hydroxylation is 3. The maximum atomic E-state index is 11.1. The van der Waals surface area contributed by atoms with Crippen molar-refractivity contribution in [1.29, 1.82) is 0 Å². The summed E-state index contributed by atoms with van der Waals surface area (Å²) in [6, 6.07) is 14.0. The molecule has 2 aromatic rings. The van der Waals surface area contributed by atoms with Gasteiger partial charge in [0.2, 0.25) is 0 Å². The van der Waals surface area contributed by atoms with E-state index in [2.05, 4.69) is 0 Å². The molecule has 0 fully saturated rings. The Morgan fingerprint density at radius 3 is 2.15 bits per heavy atom. The van der Waals surface area contributed by atoms with Crippen LogP contribution in [0.15, 0.2) is 48.5 Å². The minimum atomic E-state index is -0.929. The van der Waals surface area contributed by atoms with Crippen LogP contribution in [0.3, 0.4) is 0 Å². The molecule has 0 unspecified atom stereocenters. The normalized spacial score (nSPS) is 11.4. The Morgan fingerprint density at radius 1 is 0.950 bits per heavy atom. The largest absolute Gasteiger partial charge is 0.478 e. The summed E-state index contributed by atoms with van der Waals surface area (Å²) in [6.45, 7) is 6.03. The molecule has 0 aliphatic heterocycles. The molecular weight excluding hydrogens is 248 g/mol. The van der Waals surface area contributed by atoms with Crippen LogP contribution < -0.4 is 0 Å². The van der Waals surface area contributed by atoms with E-state index in [0.717, 1.165) is 33.4 Å². The summed E-state index contributed by atoms with van der Waals surface area (Å²) in [5.41, 5.74) is 5.99. The van der Waals surface area contributed by atoms with Gasteiger partial charge in [0, 0.05) is 6.08 Å². The van der Waals surface area contributed by atoms with Gasteiger partial charge in [-0.05, 0) is 43.0 Å². The molecular formula is C18H18O2. The topological polar surface area (TPSA) is 37.3 Å². The van der Waals surface area contributed by atoms with E-state index in [-0.39, 0.29) is 0 Å². The van der Waals surface area contributed by atoms with Gasteiger partial charge in [0.15, 0.2) is 0 Å². The first-order chi connectivity index (χ1) is 9.47. The van der Waals surface area contributed by atoms with E-state index < -0.39 is 5.97 Å². The standard InChI is InChI=1S/C18H18O2/c1-12-5-8-15(9-6-12)17(11-18(19)20)16-10-13(2)4-7-14(16)3/h4-11H,1-3H3,(H,19,20)/b17-11+. The van der Waals surface area contributed by atoms with Crippen LogP contribution in [0.5, 0.6) is 0 Å². The Balaban J connectivity index is 2.62. The molecule has 2 aromatic carbocycles. The Morgan fingerprint density at radius 2 is 1.55 bits per heavy atom. The molecule has 0 aliphatic carbocycles. The molecule has 2 nitrogen and oxygen atoms in total. The number of carboxylic acids is 1. The molecule has 0 amide bonds. The van der Waals surface area contributed by atoms with Crippen molar-refractivity contribution in [1.82, 2.24) is 0 Å². The highest BCUT2D eigenvalue weighted by Gasteiger charge is 2.10. The summed E-state index contributed by atoms with van der Waals surface area (Å²) in [5, 5.41) is 9.14. The predicted octanol–water partition coefficient (Wildman–Crippen LogP) is 4.13. The summed E-state index contributed by atoms with van der Waals surface area (Å²) in [6.07, 6.45) is 1.28. The van der Waals surface area contributed by atoms with Crippen LogP contribution in [0.1, 0.15) is 27.8 Å². The van der Waals surface area contributed by atoms with Gasteiger partial charge in [0.05, 0.1) is 0 Å². The van der Waals surface area contributed by atoms with Crippen LogP contribution in [-0.4, -0.2) is 11.1 Å². The van der Waals surface area contributed by atoms with Crippen molar-refractivity contribution < 1.29 is 9.90 Å². The van der Waals surface area contributed by atoms with E-state index in [9.17, 15) is 4.79 Å². The third kappa shape index (κ3) is 3.15. The molecule has 2 rings (SSSR count). The first kappa shape index (κ1) is 14.1. The Hall–Kier alpha value is -2.35. The number of aliphatic carboxylic acids is 1. The SMILES string of the molecule is Cc1ccc(/C(=C\C(=O)O)c2cc(C)ccc2C)cc1. The van der Waals surface area contributed by atoms with Crippen molar-refractivity contribution in [3.8, 4) is 0 Å². The first-order valence-corrected chi connectivity index (χ1v) is 6.56. The zero-order chi connectivity index (χ0) is 14.7. The minimum absolute atomic E-state index is 0.749. The first-order valence-electron chi connectivity index (χ1n) is 6.56. The lowest BCUT2D eigenvalue weighted by molar-refractivity contribution is -0.131. The molecule has 1 N–H and O–H groups in total. The van der Waals surface area contributed by atoms with E-state index >= 15 is 0 Å². The van der Waals surface area contributed by atoms with Gasteiger partial charge in [-0.3, -0.25) is 0 Å². The molecule has 20 heavy (non-hydrogen) atoms. The second-order valence-corrected chi connectivity index (χ2v) is 5.08. The van der Waals surface area contributed by atoms with Gasteiger partial charge in [-0.2, -0.15) is 0 Å². The Kier molecular flexibility index (Phi) is 4.04. The summed E-state index contributed by atoms with van der Waals surface area (Å²) < 4.78 is 0. The molecule has 2 heteroatoms. The van der Waals surface area contributed by atoms with Gasteiger partial charge < -0.3 is 5.11 Å². The monoisotopic (exact) mass is 266 g/mol. The molecule has 0 radical (unpaired) electrons. The maximum Gasteiger partial charge on any atom is 0.328 e. The van der Waals surface area contributed by atoms with Crippen molar-refractivity contribution in [2.75, 3.05) is 0 Å². The van der Waals surface area contributed by atoms with Gasteiger partial charge in [-0.15, -0.1) is 0 Å². The van der Waals surface area contributed by atoms with E-state index in [1.54, 1.807) is 0 Å². The number of hydrogen-bond acceptors (Lipinski definition) is 1. The molecule has 102 valence electrons. The summed E-state index contributed by atoms with van der Waals surface area (Å²) in [4.78, 5) is 11.1. The zero-order valence-electron chi connectivity index (χ0n) is 12.0. The number of hydrogen-bond donors (Lipinski definition) is 1. The average molecular weight is 266 g/mol. The van der Waals surface area contributed by atoms with E-state index in [4.69, 9.17) is 5.11 Å². The van der Waals surface area contributed by atoms with Gasteiger partial charge in [0.1, 0.15) is 0 Å². The lowest BCUT2D eigenvalue weighted by Crippen LogP contribution is -1.97. The number of rotatable bonds is 3. The third-order valence-corrected chi connectivity index (χ3v) is 3.31. The van der Waals surface area contributed by atoms with Crippen molar-refractivity contribution >= 4 is 11.5 Å². The smallest absolute Gasteiger partial charge is 0.328 e. The molecule has 0 aromatic heterocycles. The molecule has 0 spiro atoms. The quantitative estimate of drug-likeness (QED) is 0.848. The second kappa shape index (κ2) is 5.74. The van der Waals surface area contributed by atoms with E-state index in [1.165, 1.54) is 6.08 Å². The fourth-order valence-electron chi connectivity index (χ4n) is 2.20. The molecule has 0 saturated heterocycles. The van der Waals surface area contributed by atoms with Crippen LogP contribution in [0.2, 0.25) is 0 Å². The molecule has 0 saturated carbocycles. The minimum Gasteiger partial charge on any atom is -0.478 e. The predicted molar refractivity (Wildman–Crippen MR) is 81.8 cm³/mol. The fraction of sp³-hybridized carbons (Fsp3) is 0.167. The van der Waals surface area contributed by atoms with E-state index in [0.29, 0.717) is 0 Å². The second-order valence-electron chi connectivity index (χ2n) is 5.08. The molecule has 0 heterocycles. The Bertz CT molecular complexity index is 664. The average Bonchev–Trinajstić information content (AvgIpc) is 2.40. The van der Waals surface area contributed by atoms with Crippen molar-refractivity contribution in [3.63, 3.8) is 0 Å². The van der Waals surface area contributed by atoms with Crippen molar-refractivity contribution in [2.45, 2.75) is 20.8 Å². The summed E-state index contributed by atoms with van der Waals surface area (Å²) >= 11 is 0. The van der Waals surface area contributed by atoms with Crippen LogP contribution in [0.4, 0.5) is 0 Å².